The Morgan fingerprint density at radius 1 is 1.11 bits per heavy atom. The first kappa shape index (κ1) is 30.7. The van der Waals surface area contributed by atoms with Crippen LogP contribution in [0.2, 0.25) is 0 Å². The highest BCUT2D eigenvalue weighted by Gasteiger charge is 2.55. The molecular formula is C28H40FN5O4. The molecule has 0 radical (unpaired) electrons. The number of carbonyl (C=O) groups is 3. The number of nitrogens with two attached hydrogens (primary N) is 2. The van der Waals surface area contributed by atoms with Crippen molar-refractivity contribution < 1.29 is 23.9 Å². The van der Waals surface area contributed by atoms with Gasteiger partial charge in [0.15, 0.2) is 0 Å². The van der Waals surface area contributed by atoms with Crippen molar-refractivity contribution >= 4 is 17.7 Å². The molecule has 10 heteroatoms. The number of primary amides is 1. The van der Waals surface area contributed by atoms with E-state index in [0.29, 0.717) is 16.7 Å². The second-order valence-electron chi connectivity index (χ2n) is 11.0. The lowest BCUT2D eigenvalue weighted by Crippen LogP contribution is -2.70. The number of rotatable bonds is 10. The maximum absolute atomic E-state index is 13.6. The molecule has 38 heavy (non-hydrogen) atoms. The van der Waals surface area contributed by atoms with Gasteiger partial charge in [-0.05, 0) is 59.1 Å². The number of aromatic nitrogens is 1. The first-order valence-corrected chi connectivity index (χ1v) is 12.5. The number of phenolic OH excluding ortho intramolecular Hbond substituents is 1. The predicted molar refractivity (Wildman–Crippen MR) is 143 cm³/mol. The standard InChI is InChI=1S/C28H40FN5O4/c1-16(2)28(26(38)32-6,34(7)25(37)21(30)14-18-10-11-33-23(29)15-18)20(24(31)36)13-17-8-9-22(35)19(12-17)27(3,4)5/h8-12,15-16,20-21,35H,13-14,30H2,1-7H3,(H2,31,36)(H,32,38)/t20-,21?,28?/m1/s1. The van der Waals surface area contributed by atoms with Crippen molar-refractivity contribution in [1.29, 1.82) is 0 Å². The molecule has 0 aliphatic carbocycles. The zero-order valence-corrected chi connectivity index (χ0v) is 23.2. The molecule has 3 amide bonds. The van der Waals surface area contributed by atoms with E-state index in [2.05, 4.69) is 10.3 Å². The van der Waals surface area contributed by atoms with Crippen molar-refractivity contribution in [3.63, 3.8) is 0 Å². The topological polar surface area (TPSA) is 152 Å². The molecule has 1 aromatic heterocycles. The van der Waals surface area contributed by atoms with E-state index in [4.69, 9.17) is 11.5 Å². The number of benzene rings is 1. The van der Waals surface area contributed by atoms with Crippen LogP contribution in [0.25, 0.3) is 0 Å². The van der Waals surface area contributed by atoms with Crippen LogP contribution in [0, 0.1) is 17.8 Å². The summed E-state index contributed by atoms with van der Waals surface area (Å²) < 4.78 is 13.6. The number of phenols is 1. The van der Waals surface area contributed by atoms with E-state index >= 15 is 0 Å². The fourth-order valence-electron chi connectivity index (χ4n) is 5.16. The third kappa shape index (κ3) is 6.30. The molecule has 0 saturated carbocycles. The van der Waals surface area contributed by atoms with E-state index in [0.717, 1.165) is 0 Å². The monoisotopic (exact) mass is 529 g/mol. The molecule has 2 unspecified atom stereocenters. The summed E-state index contributed by atoms with van der Waals surface area (Å²) in [5, 5.41) is 13.0. The zero-order chi connectivity index (χ0) is 29.0. The van der Waals surface area contributed by atoms with Gasteiger partial charge < -0.3 is 26.8 Å². The fourth-order valence-corrected chi connectivity index (χ4v) is 5.16. The first-order chi connectivity index (χ1) is 17.6. The smallest absolute Gasteiger partial charge is 0.246 e. The Balaban J connectivity index is 2.59. The van der Waals surface area contributed by atoms with E-state index < -0.39 is 47.1 Å². The number of likely N-dealkylation sites (N-methyl/N-ethyl adjacent to an activating group) is 2. The Morgan fingerprint density at radius 3 is 2.21 bits per heavy atom. The molecule has 3 atom stereocenters. The van der Waals surface area contributed by atoms with Gasteiger partial charge in [0.2, 0.25) is 23.7 Å². The van der Waals surface area contributed by atoms with Crippen molar-refractivity contribution in [1.82, 2.24) is 15.2 Å². The lowest BCUT2D eigenvalue weighted by atomic mass is 9.69. The number of halogens is 1. The van der Waals surface area contributed by atoms with E-state index in [-0.39, 0.29) is 24.0 Å². The molecule has 1 aromatic carbocycles. The summed E-state index contributed by atoms with van der Waals surface area (Å²) in [7, 11) is 2.85. The normalized spacial score (nSPS) is 14.9. The lowest BCUT2D eigenvalue weighted by molar-refractivity contribution is -0.157. The average molecular weight is 530 g/mol. The molecule has 0 bridgehead atoms. The Hall–Kier alpha value is -3.53. The highest BCUT2D eigenvalue weighted by molar-refractivity contribution is 5.98. The molecule has 1 heterocycles. The summed E-state index contributed by atoms with van der Waals surface area (Å²) in [6.07, 6.45) is 1.31. The Labute approximate surface area is 223 Å². The minimum atomic E-state index is -1.70. The largest absolute Gasteiger partial charge is 0.508 e. The Bertz CT molecular complexity index is 1180. The fraction of sp³-hybridized carbons (Fsp3) is 0.500. The maximum atomic E-state index is 13.6. The summed E-state index contributed by atoms with van der Waals surface area (Å²) in [4.78, 5) is 45.0. The quantitative estimate of drug-likeness (QED) is 0.346. The van der Waals surface area contributed by atoms with Gasteiger partial charge in [-0.25, -0.2) is 4.98 Å². The van der Waals surface area contributed by atoms with Crippen molar-refractivity contribution in [2.24, 2.45) is 23.3 Å². The van der Waals surface area contributed by atoms with Gasteiger partial charge >= 0.3 is 0 Å². The average Bonchev–Trinajstić information content (AvgIpc) is 2.82. The Morgan fingerprint density at radius 2 is 1.71 bits per heavy atom. The van der Waals surface area contributed by atoms with E-state index in [1.165, 1.54) is 31.3 Å². The molecule has 208 valence electrons. The van der Waals surface area contributed by atoms with Gasteiger partial charge in [-0.3, -0.25) is 14.4 Å². The van der Waals surface area contributed by atoms with Crippen LogP contribution in [-0.2, 0) is 32.6 Å². The summed E-state index contributed by atoms with van der Waals surface area (Å²) in [5.74, 6) is -4.22. The highest BCUT2D eigenvalue weighted by atomic mass is 19.1. The number of hydrogen-bond acceptors (Lipinski definition) is 6. The summed E-state index contributed by atoms with van der Waals surface area (Å²) >= 11 is 0. The molecule has 6 N–H and O–H groups in total. The number of hydrogen-bond donors (Lipinski definition) is 4. The van der Waals surface area contributed by atoms with Gasteiger partial charge in [-0.2, -0.15) is 4.39 Å². The molecular weight excluding hydrogens is 489 g/mol. The van der Waals surface area contributed by atoms with Crippen LogP contribution >= 0.6 is 0 Å². The van der Waals surface area contributed by atoms with Crippen LogP contribution in [0.1, 0.15) is 51.3 Å². The van der Waals surface area contributed by atoms with Crippen LogP contribution in [-0.4, -0.2) is 58.4 Å². The van der Waals surface area contributed by atoms with Gasteiger partial charge in [0.05, 0.1) is 12.0 Å². The van der Waals surface area contributed by atoms with Crippen molar-refractivity contribution in [2.45, 2.75) is 64.5 Å². The lowest BCUT2D eigenvalue weighted by Gasteiger charge is -2.48. The van der Waals surface area contributed by atoms with Crippen LogP contribution in [0.15, 0.2) is 36.5 Å². The third-order valence-corrected chi connectivity index (χ3v) is 7.10. The number of nitrogens with one attached hydrogen (secondary N) is 1. The number of carbonyl (C=O) groups excluding carboxylic acids is 3. The molecule has 0 saturated heterocycles. The number of pyridine rings is 1. The van der Waals surface area contributed by atoms with Crippen molar-refractivity contribution in [3.05, 3.63) is 59.2 Å². The second-order valence-corrected chi connectivity index (χ2v) is 11.0. The van der Waals surface area contributed by atoms with Crippen LogP contribution in [0.5, 0.6) is 5.75 Å². The van der Waals surface area contributed by atoms with Crippen LogP contribution in [0.3, 0.4) is 0 Å². The number of amides is 3. The predicted octanol–water partition coefficient (Wildman–Crippen LogP) is 2.04. The van der Waals surface area contributed by atoms with E-state index in [9.17, 15) is 23.9 Å². The summed E-state index contributed by atoms with van der Waals surface area (Å²) in [6, 6.07) is 6.61. The number of nitrogens with zero attached hydrogens (tertiary/aromatic N) is 2. The van der Waals surface area contributed by atoms with Gasteiger partial charge in [0.1, 0.15) is 11.3 Å². The van der Waals surface area contributed by atoms with Crippen LogP contribution < -0.4 is 16.8 Å². The van der Waals surface area contributed by atoms with E-state index in [1.54, 1.807) is 38.1 Å². The van der Waals surface area contributed by atoms with Crippen molar-refractivity contribution in [3.8, 4) is 5.75 Å². The third-order valence-electron chi connectivity index (χ3n) is 7.10. The molecule has 9 nitrogen and oxygen atoms in total. The van der Waals surface area contributed by atoms with Crippen LogP contribution in [0.4, 0.5) is 4.39 Å². The summed E-state index contributed by atoms with van der Waals surface area (Å²) in [5.41, 5.74) is 11.9. The van der Waals surface area contributed by atoms with Crippen molar-refractivity contribution in [2.75, 3.05) is 14.1 Å². The van der Waals surface area contributed by atoms with Gasteiger partial charge in [0.25, 0.3) is 0 Å². The van der Waals surface area contributed by atoms with E-state index in [1.807, 2.05) is 20.8 Å². The van der Waals surface area contributed by atoms with Gasteiger partial charge in [0, 0.05) is 20.3 Å². The molecule has 2 aromatic rings. The number of aromatic hydroxyl groups is 1. The summed E-state index contributed by atoms with van der Waals surface area (Å²) in [6.45, 7) is 9.31. The molecule has 0 spiro atoms. The minimum Gasteiger partial charge on any atom is -0.508 e. The van der Waals surface area contributed by atoms with Gasteiger partial charge in [-0.1, -0.05) is 46.8 Å². The molecule has 0 fully saturated rings. The molecule has 2 rings (SSSR count). The second kappa shape index (κ2) is 11.9. The first-order valence-electron chi connectivity index (χ1n) is 12.5. The molecule has 0 aliphatic rings. The Kier molecular flexibility index (Phi) is 9.61. The SMILES string of the molecule is CNC(=O)C(C(C)C)([C@H](Cc1ccc(O)c(C(C)(C)C)c1)C(N)=O)N(C)C(=O)C(N)Cc1ccnc(F)c1. The zero-order valence-electron chi connectivity index (χ0n) is 23.2. The molecule has 0 aliphatic heterocycles. The maximum Gasteiger partial charge on any atom is 0.246 e. The van der Waals surface area contributed by atoms with Gasteiger partial charge in [-0.15, -0.1) is 0 Å². The highest BCUT2D eigenvalue weighted by Crippen LogP contribution is 2.37. The minimum absolute atomic E-state index is 0.00131.